The fourth-order valence-electron chi connectivity index (χ4n) is 5.80. The molecule has 2 saturated heterocycles. The van der Waals surface area contributed by atoms with Gasteiger partial charge in [0.05, 0.1) is 29.7 Å². The highest BCUT2D eigenvalue weighted by Gasteiger charge is 2.27. The van der Waals surface area contributed by atoms with Gasteiger partial charge in [-0.15, -0.1) is 0 Å². The number of aromatic nitrogens is 3. The molecule has 0 amide bonds. The lowest BCUT2D eigenvalue weighted by molar-refractivity contribution is 0.312. The number of hydrogen-bond acceptors (Lipinski definition) is 8. The molecule has 0 saturated carbocycles. The van der Waals surface area contributed by atoms with E-state index in [2.05, 4.69) is 59.1 Å². The van der Waals surface area contributed by atoms with Crippen molar-refractivity contribution in [3.63, 3.8) is 0 Å². The second-order valence-electron chi connectivity index (χ2n) is 10.2. The first-order valence-corrected chi connectivity index (χ1v) is 13.8. The lowest BCUT2D eigenvalue weighted by atomic mass is 9.89. The predicted molar refractivity (Wildman–Crippen MR) is 153 cm³/mol. The first-order chi connectivity index (χ1) is 18.1. The molecule has 0 aliphatic carbocycles. The molecular formula is C29H41N7O. The van der Waals surface area contributed by atoms with Crippen LogP contribution in [0.3, 0.4) is 0 Å². The Morgan fingerprint density at radius 2 is 1.59 bits per heavy atom. The van der Waals surface area contributed by atoms with Gasteiger partial charge in [-0.05, 0) is 50.8 Å². The minimum atomic E-state index is 0.416. The summed E-state index contributed by atoms with van der Waals surface area (Å²) in [7, 11) is 5.88. The molecule has 0 bridgehead atoms. The third-order valence-electron chi connectivity index (χ3n) is 8.10. The van der Waals surface area contributed by atoms with Crippen molar-refractivity contribution in [2.24, 2.45) is 0 Å². The number of pyridine rings is 1. The number of nitrogens with zero attached hydrogens (tertiary/aromatic N) is 6. The van der Waals surface area contributed by atoms with Gasteiger partial charge in [0.25, 0.3) is 0 Å². The fourth-order valence-corrected chi connectivity index (χ4v) is 5.80. The van der Waals surface area contributed by atoms with E-state index in [1.165, 1.54) is 16.9 Å². The summed E-state index contributed by atoms with van der Waals surface area (Å²) in [6, 6.07) is 6.72. The molecule has 2 aliphatic heterocycles. The molecule has 4 heterocycles. The van der Waals surface area contributed by atoms with Crippen LogP contribution in [0.5, 0.6) is 5.75 Å². The molecule has 1 aromatic carbocycles. The molecule has 0 radical (unpaired) electrons. The number of piperidine rings is 1. The topological polar surface area (TPSA) is 69.7 Å². The highest BCUT2D eigenvalue weighted by atomic mass is 16.5. The van der Waals surface area contributed by atoms with E-state index in [1.807, 2.05) is 13.2 Å². The van der Waals surface area contributed by atoms with Crippen LogP contribution in [0.4, 0.5) is 17.2 Å². The summed E-state index contributed by atoms with van der Waals surface area (Å²) in [5, 5.41) is 3.22. The van der Waals surface area contributed by atoms with Crippen LogP contribution in [0.25, 0.3) is 11.0 Å². The zero-order chi connectivity index (χ0) is 25.9. The van der Waals surface area contributed by atoms with Gasteiger partial charge in [0.2, 0.25) is 0 Å². The number of aryl methyl sites for hydroxylation is 2. The summed E-state index contributed by atoms with van der Waals surface area (Å²) in [5.41, 5.74) is 7.77. The van der Waals surface area contributed by atoms with Crippen molar-refractivity contribution in [3.8, 4) is 5.75 Å². The largest absolute Gasteiger partial charge is 0.495 e. The molecule has 0 atom stereocenters. The second kappa shape index (κ2) is 11.1. The molecule has 1 N–H and O–H groups in total. The van der Waals surface area contributed by atoms with Gasteiger partial charge >= 0.3 is 0 Å². The van der Waals surface area contributed by atoms with Gasteiger partial charge in [-0.25, -0.2) is 15.0 Å². The van der Waals surface area contributed by atoms with Crippen LogP contribution in [-0.4, -0.2) is 80.3 Å². The lowest BCUT2D eigenvalue weighted by Crippen LogP contribution is -2.44. The van der Waals surface area contributed by atoms with E-state index >= 15 is 0 Å². The maximum absolute atomic E-state index is 5.88. The van der Waals surface area contributed by atoms with E-state index in [9.17, 15) is 0 Å². The van der Waals surface area contributed by atoms with Crippen molar-refractivity contribution in [1.29, 1.82) is 0 Å². The predicted octanol–water partition coefficient (Wildman–Crippen LogP) is 4.34. The number of rotatable bonds is 7. The summed E-state index contributed by atoms with van der Waals surface area (Å²) in [6.07, 6.45) is 5.91. The number of piperazine rings is 1. The maximum Gasteiger partial charge on any atom is 0.153 e. The van der Waals surface area contributed by atoms with Crippen LogP contribution in [0, 0.1) is 0 Å². The Bertz CT molecular complexity index is 1230. The molecule has 2 aliphatic rings. The lowest BCUT2D eigenvalue weighted by Gasteiger charge is -2.36. The zero-order valence-electron chi connectivity index (χ0n) is 23.0. The highest BCUT2D eigenvalue weighted by molar-refractivity contribution is 5.88. The van der Waals surface area contributed by atoms with E-state index in [1.54, 1.807) is 7.11 Å². The average Bonchev–Trinajstić information content (AvgIpc) is 2.96. The summed E-state index contributed by atoms with van der Waals surface area (Å²) >= 11 is 0. The number of nitrogens with one attached hydrogen (secondary N) is 1. The highest BCUT2D eigenvalue weighted by Crippen LogP contribution is 2.39. The van der Waals surface area contributed by atoms with Crippen molar-refractivity contribution in [3.05, 3.63) is 41.3 Å². The van der Waals surface area contributed by atoms with Crippen molar-refractivity contribution in [2.75, 3.05) is 75.6 Å². The van der Waals surface area contributed by atoms with Gasteiger partial charge in [-0.3, -0.25) is 0 Å². The quantitative estimate of drug-likeness (QED) is 0.511. The van der Waals surface area contributed by atoms with E-state index in [0.29, 0.717) is 5.92 Å². The monoisotopic (exact) mass is 503 g/mol. The van der Waals surface area contributed by atoms with Crippen LogP contribution >= 0.6 is 0 Å². The van der Waals surface area contributed by atoms with Gasteiger partial charge in [-0.1, -0.05) is 13.8 Å². The standard InChI is InChI=1S/C29H41N7O/c1-6-23-24(7-2)33-28-27(32-23)22(19-31-29(28)30-3)20-10-12-36(13-11-20)25-9-8-21(18-26(25)37-5)35-16-14-34(4)15-17-35/h8-9,18-20H,6-7,10-17H2,1-5H3,(H,30,31). The van der Waals surface area contributed by atoms with Gasteiger partial charge in [0.15, 0.2) is 5.82 Å². The SMILES string of the molecule is CCc1nc2c(C3CCN(c4ccc(N5CCN(C)CC5)cc4OC)CC3)cnc(NC)c2nc1CC. The Hall–Kier alpha value is -3.13. The molecule has 0 unspecified atom stereocenters. The Kier molecular flexibility index (Phi) is 7.65. The van der Waals surface area contributed by atoms with E-state index in [4.69, 9.17) is 19.7 Å². The molecule has 2 aromatic heterocycles. The van der Waals surface area contributed by atoms with Crippen molar-refractivity contribution < 1.29 is 4.74 Å². The average molecular weight is 504 g/mol. The molecule has 3 aromatic rings. The molecule has 8 nitrogen and oxygen atoms in total. The third kappa shape index (κ3) is 5.04. The van der Waals surface area contributed by atoms with E-state index in [0.717, 1.165) is 98.9 Å². The number of ether oxygens (including phenoxy) is 1. The summed E-state index contributed by atoms with van der Waals surface area (Å²) in [5.74, 6) is 2.19. The summed E-state index contributed by atoms with van der Waals surface area (Å²) in [4.78, 5) is 22.2. The zero-order valence-corrected chi connectivity index (χ0v) is 23.0. The van der Waals surface area contributed by atoms with Gasteiger partial charge in [0.1, 0.15) is 11.3 Å². The Balaban J connectivity index is 1.36. The Morgan fingerprint density at radius 1 is 0.919 bits per heavy atom. The van der Waals surface area contributed by atoms with Crippen molar-refractivity contribution in [2.45, 2.75) is 45.4 Å². The fraction of sp³-hybridized carbons (Fsp3) is 0.552. The molecule has 8 heteroatoms. The molecule has 5 rings (SSSR count). The van der Waals surface area contributed by atoms with Crippen LogP contribution in [-0.2, 0) is 12.8 Å². The number of methoxy groups -OCH3 is 1. The van der Waals surface area contributed by atoms with Crippen molar-refractivity contribution >= 4 is 28.2 Å². The molecule has 37 heavy (non-hydrogen) atoms. The molecular weight excluding hydrogens is 462 g/mol. The summed E-state index contributed by atoms with van der Waals surface area (Å²) < 4.78 is 5.88. The Morgan fingerprint density at radius 3 is 2.22 bits per heavy atom. The molecule has 0 spiro atoms. The second-order valence-corrected chi connectivity index (χ2v) is 10.2. The van der Waals surface area contributed by atoms with Gasteiger partial charge in [-0.2, -0.15) is 0 Å². The smallest absolute Gasteiger partial charge is 0.153 e. The van der Waals surface area contributed by atoms with Gasteiger partial charge in [0, 0.05) is 69.8 Å². The van der Waals surface area contributed by atoms with Crippen molar-refractivity contribution in [1.82, 2.24) is 19.9 Å². The minimum absolute atomic E-state index is 0.416. The first kappa shape index (κ1) is 25.5. The number of likely N-dealkylation sites (N-methyl/N-ethyl adjacent to an activating group) is 1. The van der Waals surface area contributed by atoms with Crippen LogP contribution < -0.4 is 19.9 Å². The summed E-state index contributed by atoms with van der Waals surface area (Å²) in [6.45, 7) is 10.6. The maximum atomic E-state index is 5.88. The van der Waals surface area contributed by atoms with Gasteiger partial charge < -0.3 is 24.8 Å². The Labute approximate surface area is 221 Å². The number of anilines is 3. The normalized spacial score (nSPS) is 17.4. The molecule has 198 valence electrons. The van der Waals surface area contributed by atoms with Crippen LogP contribution in [0.1, 0.15) is 49.6 Å². The van der Waals surface area contributed by atoms with E-state index < -0.39 is 0 Å². The molecule has 2 fully saturated rings. The minimum Gasteiger partial charge on any atom is -0.495 e. The number of benzene rings is 1. The van der Waals surface area contributed by atoms with Crippen LogP contribution in [0.2, 0.25) is 0 Å². The number of hydrogen-bond donors (Lipinski definition) is 1. The number of fused-ring (bicyclic) bond motifs is 1. The third-order valence-corrected chi connectivity index (χ3v) is 8.10. The van der Waals surface area contributed by atoms with E-state index in [-0.39, 0.29) is 0 Å². The first-order valence-electron chi connectivity index (χ1n) is 13.8. The van der Waals surface area contributed by atoms with Crippen LogP contribution in [0.15, 0.2) is 24.4 Å².